The van der Waals surface area contributed by atoms with Gasteiger partial charge in [0.25, 0.3) is 0 Å². The van der Waals surface area contributed by atoms with Crippen LogP contribution in [0.15, 0.2) is 42.7 Å². The molecule has 0 aliphatic carbocycles. The minimum atomic E-state index is -0.233. The quantitative estimate of drug-likeness (QED) is 0.890. The number of hydrogen-bond donors (Lipinski definition) is 1. The summed E-state index contributed by atoms with van der Waals surface area (Å²) >= 11 is 11.8. The van der Waals surface area contributed by atoms with E-state index in [-0.39, 0.29) is 6.04 Å². The van der Waals surface area contributed by atoms with Crippen LogP contribution in [-0.4, -0.2) is 4.98 Å². The van der Waals surface area contributed by atoms with Gasteiger partial charge in [0.1, 0.15) is 0 Å². The van der Waals surface area contributed by atoms with Gasteiger partial charge in [0.2, 0.25) is 0 Å². The molecule has 0 aliphatic heterocycles. The van der Waals surface area contributed by atoms with Crippen LogP contribution in [0.1, 0.15) is 17.2 Å². The molecule has 4 heteroatoms. The zero-order valence-corrected chi connectivity index (χ0v) is 9.91. The predicted molar refractivity (Wildman–Crippen MR) is 66.7 cm³/mol. The number of pyridine rings is 1. The average Bonchev–Trinajstić information content (AvgIpc) is 2.33. The molecule has 82 valence electrons. The van der Waals surface area contributed by atoms with Gasteiger partial charge in [-0.25, -0.2) is 0 Å². The Bertz CT molecular complexity index is 486. The number of aromatic nitrogens is 1. The maximum atomic E-state index is 6.09. The molecule has 16 heavy (non-hydrogen) atoms. The van der Waals surface area contributed by atoms with Crippen LogP contribution in [0.5, 0.6) is 0 Å². The number of nitrogens with zero attached hydrogens (tertiary/aromatic N) is 1. The van der Waals surface area contributed by atoms with E-state index in [1.165, 1.54) is 0 Å². The lowest BCUT2D eigenvalue weighted by Crippen LogP contribution is -2.11. The lowest BCUT2D eigenvalue weighted by molar-refractivity contribution is 0.863. The first-order valence-corrected chi connectivity index (χ1v) is 5.54. The summed E-state index contributed by atoms with van der Waals surface area (Å²) in [4.78, 5) is 4.03. The summed E-state index contributed by atoms with van der Waals surface area (Å²) in [7, 11) is 0. The highest BCUT2D eigenvalue weighted by molar-refractivity contribution is 6.42. The fourth-order valence-electron chi connectivity index (χ4n) is 1.46. The molecule has 1 atom stereocenters. The van der Waals surface area contributed by atoms with E-state index in [2.05, 4.69) is 4.98 Å². The predicted octanol–water partition coefficient (Wildman–Crippen LogP) is 3.44. The van der Waals surface area contributed by atoms with Gasteiger partial charge in [-0.2, -0.15) is 0 Å². The first-order valence-electron chi connectivity index (χ1n) is 4.79. The molecule has 0 saturated heterocycles. The topological polar surface area (TPSA) is 38.9 Å². The number of benzene rings is 1. The number of hydrogen-bond acceptors (Lipinski definition) is 2. The van der Waals surface area contributed by atoms with E-state index in [4.69, 9.17) is 28.9 Å². The highest BCUT2D eigenvalue weighted by atomic mass is 35.5. The van der Waals surface area contributed by atoms with Gasteiger partial charge in [-0.3, -0.25) is 4.98 Å². The summed E-state index contributed by atoms with van der Waals surface area (Å²) in [5.74, 6) is 0. The molecule has 2 aromatic rings. The molecular formula is C12H10Cl2N2. The van der Waals surface area contributed by atoms with Crippen molar-refractivity contribution in [2.75, 3.05) is 0 Å². The molecule has 0 amide bonds. The van der Waals surface area contributed by atoms with Crippen LogP contribution < -0.4 is 5.73 Å². The third kappa shape index (κ3) is 2.35. The minimum Gasteiger partial charge on any atom is -0.320 e. The Morgan fingerprint density at radius 3 is 2.50 bits per heavy atom. The van der Waals surface area contributed by atoms with Crippen LogP contribution in [0.4, 0.5) is 0 Å². The van der Waals surface area contributed by atoms with E-state index >= 15 is 0 Å². The van der Waals surface area contributed by atoms with Crippen LogP contribution in [0.25, 0.3) is 0 Å². The van der Waals surface area contributed by atoms with Gasteiger partial charge in [-0.1, -0.05) is 35.3 Å². The van der Waals surface area contributed by atoms with Crippen molar-refractivity contribution in [2.24, 2.45) is 5.73 Å². The molecule has 2 rings (SSSR count). The second-order valence-electron chi connectivity index (χ2n) is 3.44. The average molecular weight is 253 g/mol. The van der Waals surface area contributed by atoms with Crippen molar-refractivity contribution in [3.8, 4) is 0 Å². The standard InChI is InChI=1S/C12H10Cl2N2/c13-10-4-3-8(6-11(10)14)12(15)9-2-1-5-16-7-9/h1-7,12H,15H2/t12-/m0/s1. The molecular weight excluding hydrogens is 243 g/mol. The normalized spacial score (nSPS) is 12.4. The van der Waals surface area contributed by atoms with Crippen molar-refractivity contribution in [1.82, 2.24) is 4.98 Å². The van der Waals surface area contributed by atoms with E-state index in [1.807, 2.05) is 18.2 Å². The Hall–Kier alpha value is -1.09. The fourth-order valence-corrected chi connectivity index (χ4v) is 1.76. The molecule has 0 unspecified atom stereocenters. The molecule has 1 aromatic heterocycles. The summed E-state index contributed by atoms with van der Waals surface area (Å²) in [5.41, 5.74) is 7.96. The lowest BCUT2D eigenvalue weighted by atomic mass is 10.0. The number of halogens is 2. The van der Waals surface area contributed by atoms with Crippen molar-refractivity contribution < 1.29 is 0 Å². The number of rotatable bonds is 2. The van der Waals surface area contributed by atoms with E-state index in [9.17, 15) is 0 Å². The maximum absolute atomic E-state index is 6.09. The monoisotopic (exact) mass is 252 g/mol. The largest absolute Gasteiger partial charge is 0.320 e. The van der Waals surface area contributed by atoms with Crippen molar-refractivity contribution in [2.45, 2.75) is 6.04 Å². The van der Waals surface area contributed by atoms with Crippen molar-refractivity contribution in [1.29, 1.82) is 0 Å². The second kappa shape index (κ2) is 4.83. The van der Waals surface area contributed by atoms with Crippen molar-refractivity contribution >= 4 is 23.2 Å². The van der Waals surface area contributed by atoms with Gasteiger partial charge >= 0.3 is 0 Å². The zero-order chi connectivity index (χ0) is 11.5. The summed E-state index contributed by atoms with van der Waals surface area (Å²) in [6.07, 6.45) is 3.46. The van der Waals surface area contributed by atoms with Gasteiger partial charge in [0.15, 0.2) is 0 Å². The lowest BCUT2D eigenvalue weighted by Gasteiger charge is -2.12. The third-order valence-electron chi connectivity index (χ3n) is 2.35. The molecule has 0 bridgehead atoms. The zero-order valence-electron chi connectivity index (χ0n) is 8.40. The molecule has 0 radical (unpaired) electrons. The molecule has 0 aliphatic rings. The Labute approximate surface area is 104 Å². The maximum Gasteiger partial charge on any atom is 0.0595 e. The van der Waals surface area contributed by atoms with Crippen LogP contribution in [0.2, 0.25) is 10.0 Å². The Balaban J connectivity index is 2.34. The van der Waals surface area contributed by atoms with E-state index < -0.39 is 0 Å². The van der Waals surface area contributed by atoms with Gasteiger partial charge in [-0.15, -0.1) is 0 Å². The smallest absolute Gasteiger partial charge is 0.0595 e. The number of nitrogens with two attached hydrogens (primary N) is 1. The second-order valence-corrected chi connectivity index (χ2v) is 4.25. The van der Waals surface area contributed by atoms with Crippen LogP contribution in [0.3, 0.4) is 0 Å². The van der Waals surface area contributed by atoms with Gasteiger partial charge in [0, 0.05) is 12.4 Å². The highest BCUT2D eigenvalue weighted by Crippen LogP contribution is 2.27. The van der Waals surface area contributed by atoms with Gasteiger partial charge in [0.05, 0.1) is 16.1 Å². The highest BCUT2D eigenvalue weighted by Gasteiger charge is 2.10. The SMILES string of the molecule is N[C@H](c1cccnc1)c1ccc(Cl)c(Cl)c1. The van der Waals surface area contributed by atoms with Gasteiger partial charge < -0.3 is 5.73 Å². The Morgan fingerprint density at radius 2 is 1.88 bits per heavy atom. The van der Waals surface area contributed by atoms with Crippen molar-refractivity contribution in [3.63, 3.8) is 0 Å². The van der Waals surface area contributed by atoms with E-state index in [1.54, 1.807) is 24.5 Å². The van der Waals surface area contributed by atoms with Crippen LogP contribution in [-0.2, 0) is 0 Å². The first kappa shape index (κ1) is 11.4. The minimum absolute atomic E-state index is 0.233. The summed E-state index contributed by atoms with van der Waals surface area (Å²) < 4.78 is 0. The molecule has 1 aromatic carbocycles. The molecule has 2 N–H and O–H groups in total. The van der Waals surface area contributed by atoms with Crippen LogP contribution >= 0.6 is 23.2 Å². The summed E-state index contributed by atoms with van der Waals surface area (Å²) in [5, 5.41) is 1.04. The van der Waals surface area contributed by atoms with E-state index in [0.717, 1.165) is 11.1 Å². The first-order chi connectivity index (χ1) is 7.68. The third-order valence-corrected chi connectivity index (χ3v) is 3.09. The van der Waals surface area contributed by atoms with Crippen LogP contribution in [0, 0.1) is 0 Å². The molecule has 0 spiro atoms. The fraction of sp³-hybridized carbons (Fsp3) is 0.0833. The molecule has 2 nitrogen and oxygen atoms in total. The molecule has 0 saturated carbocycles. The van der Waals surface area contributed by atoms with Gasteiger partial charge in [-0.05, 0) is 29.3 Å². The summed E-state index contributed by atoms with van der Waals surface area (Å²) in [6, 6.07) is 8.94. The van der Waals surface area contributed by atoms with E-state index in [0.29, 0.717) is 10.0 Å². The van der Waals surface area contributed by atoms with Crippen molar-refractivity contribution in [3.05, 3.63) is 63.9 Å². The molecule has 1 heterocycles. The Kier molecular flexibility index (Phi) is 3.44. The summed E-state index contributed by atoms with van der Waals surface area (Å²) in [6.45, 7) is 0. The molecule has 0 fully saturated rings. The Morgan fingerprint density at radius 1 is 1.06 bits per heavy atom.